The van der Waals surface area contributed by atoms with Crippen LogP contribution in [0.2, 0.25) is 0 Å². The van der Waals surface area contributed by atoms with Crippen LogP contribution in [-0.4, -0.2) is 54.3 Å². The van der Waals surface area contributed by atoms with Crippen molar-refractivity contribution in [1.82, 2.24) is 9.88 Å². The normalized spacial score (nSPS) is 26.4. The average molecular weight is 338 g/mol. The fourth-order valence-electron chi connectivity index (χ4n) is 3.29. The van der Waals surface area contributed by atoms with Gasteiger partial charge in [0.15, 0.2) is 0 Å². The minimum atomic E-state index is -0.393. The topological polar surface area (TPSA) is 51.7 Å². The summed E-state index contributed by atoms with van der Waals surface area (Å²) in [5.74, 6) is 0.470. The Hall–Kier alpha value is -0.980. The smallest absolute Gasteiger partial charge is 0.251 e. The minimum Gasteiger partial charge on any atom is -0.376 e. The molecule has 1 aromatic rings. The van der Waals surface area contributed by atoms with Crippen LogP contribution in [0.15, 0.2) is 5.38 Å². The van der Waals surface area contributed by atoms with Gasteiger partial charge in [-0.1, -0.05) is 0 Å². The third kappa shape index (κ3) is 4.31. The second-order valence-electron chi connectivity index (χ2n) is 6.56. The summed E-state index contributed by atoms with van der Waals surface area (Å²) in [5.41, 5.74) is 1.07. The molecule has 3 heterocycles. The summed E-state index contributed by atoms with van der Waals surface area (Å²) >= 11 is 1.71. The molecule has 3 atom stereocenters. The molecule has 2 aliphatic rings. The molecule has 0 aromatic carbocycles. The molecule has 1 amide bonds. The van der Waals surface area contributed by atoms with Crippen molar-refractivity contribution in [1.29, 1.82) is 0 Å². The molecule has 2 saturated heterocycles. The Balaban J connectivity index is 1.51. The van der Waals surface area contributed by atoms with Gasteiger partial charge in [0, 0.05) is 36.7 Å². The third-order valence-electron chi connectivity index (χ3n) is 4.62. The molecule has 0 aliphatic carbocycles. The first-order valence-corrected chi connectivity index (χ1v) is 9.45. The molecular weight excluding hydrogens is 312 g/mol. The summed E-state index contributed by atoms with van der Waals surface area (Å²) in [4.78, 5) is 19.2. The number of thiazole rings is 1. The number of ether oxygens (including phenoxy) is 2. The van der Waals surface area contributed by atoms with Gasteiger partial charge in [-0.3, -0.25) is 4.79 Å². The molecule has 0 unspecified atom stereocenters. The summed E-state index contributed by atoms with van der Waals surface area (Å²) in [5, 5.41) is 3.25. The second-order valence-corrected chi connectivity index (χ2v) is 7.45. The lowest BCUT2D eigenvalue weighted by Gasteiger charge is -2.33. The first-order chi connectivity index (χ1) is 11.1. The molecule has 0 spiro atoms. The second kappa shape index (κ2) is 7.73. The van der Waals surface area contributed by atoms with Crippen molar-refractivity contribution < 1.29 is 14.3 Å². The van der Waals surface area contributed by atoms with Gasteiger partial charge >= 0.3 is 0 Å². The van der Waals surface area contributed by atoms with E-state index in [9.17, 15) is 4.79 Å². The molecule has 5 nitrogen and oxygen atoms in total. The number of rotatable bonds is 5. The van der Waals surface area contributed by atoms with Crippen LogP contribution in [0, 0.1) is 6.92 Å². The monoisotopic (exact) mass is 338 g/mol. The Bertz CT molecular complexity index is 528. The number of aryl methyl sites for hydroxylation is 1. The highest BCUT2D eigenvalue weighted by Gasteiger charge is 2.29. The predicted octanol–water partition coefficient (Wildman–Crippen LogP) is 2.74. The van der Waals surface area contributed by atoms with Gasteiger partial charge in [-0.2, -0.15) is 0 Å². The fraction of sp³-hybridized carbons (Fsp3) is 0.765. The van der Waals surface area contributed by atoms with Crippen molar-refractivity contribution in [3.63, 3.8) is 0 Å². The molecule has 1 aromatic heterocycles. The van der Waals surface area contributed by atoms with Gasteiger partial charge < -0.3 is 14.4 Å². The van der Waals surface area contributed by atoms with Crippen molar-refractivity contribution in [3.8, 4) is 0 Å². The van der Waals surface area contributed by atoms with Crippen molar-refractivity contribution in [3.05, 3.63) is 16.1 Å². The molecule has 0 radical (unpaired) electrons. The number of carbonyl (C=O) groups is 1. The number of nitrogens with zero attached hydrogens (tertiary/aromatic N) is 2. The van der Waals surface area contributed by atoms with E-state index in [1.807, 2.05) is 18.7 Å². The zero-order valence-corrected chi connectivity index (χ0v) is 14.8. The Kier molecular flexibility index (Phi) is 5.67. The van der Waals surface area contributed by atoms with E-state index < -0.39 is 6.10 Å². The Morgan fingerprint density at radius 1 is 1.52 bits per heavy atom. The van der Waals surface area contributed by atoms with Gasteiger partial charge in [-0.25, -0.2) is 4.98 Å². The van der Waals surface area contributed by atoms with E-state index in [-0.39, 0.29) is 12.0 Å². The molecule has 0 N–H and O–H groups in total. The van der Waals surface area contributed by atoms with Crippen molar-refractivity contribution in [2.24, 2.45) is 0 Å². The van der Waals surface area contributed by atoms with E-state index in [4.69, 9.17) is 9.47 Å². The number of amides is 1. The highest BCUT2D eigenvalue weighted by molar-refractivity contribution is 7.09. The fourth-order valence-corrected chi connectivity index (χ4v) is 4.22. The molecule has 23 heavy (non-hydrogen) atoms. The molecule has 0 saturated carbocycles. The minimum absolute atomic E-state index is 0.0981. The molecule has 128 valence electrons. The third-order valence-corrected chi connectivity index (χ3v) is 5.75. The molecule has 3 rings (SSSR count). The average Bonchev–Trinajstić information content (AvgIpc) is 3.23. The predicted molar refractivity (Wildman–Crippen MR) is 89.8 cm³/mol. The van der Waals surface area contributed by atoms with E-state index in [2.05, 4.69) is 10.4 Å². The highest BCUT2D eigenvalue weighted by Crippen LogP contribution is 2.29. The van der Waals surface area contributed by atoms with Crippen LogP contribution in [0.25, 0.3) is 0 Å². The lowest BCUT2D eigenvalue weighted by atomic mass is 9.98. The number of hydrogen-bond donors (Lipinski definition) is 0. The zero-order chi connectivity index (χ0) is 16.2. The van der Waals surface area contributed by atoms with Gasteiger partial charge in [0.2, 0.25) is 0 Å². The van der Waals surface area contributed by atoms with Crippen LogP contribution in [0.5, 0.6) is 0 Å². The first-order valence-electron chi connectivity index (χ1n) is 8.57. The quantitative estimate of drug-likeness (QED) is 0.828. The van der Waals surface area contributed by atoms with E-state index >= 15 is 0 Å². The van der Waals surface area contributed by atoms with Crippen molar-refractivity contribution in [2.45, 2.75) is 57.7 Å². The summed E-state index contributed by atoms with van der Waals surface area (Å²) in [6.45, 7) is 6.81. The lowest BCUT2D eigenvalue weighted by molar-refractivity contribution is -0.145. The number of aromatic nitrogens is 1. The van der Waals surface area contributed by atoms with Crippen LogP contribution < -0.4 is 0 Å². The molecule has 2 fully saturated rings. The van der Waals surface area contributed by atoms with Crippen molar-refractivity contribution in [2.75, 3.05) is 26.3 Å². The summed E-state index contributed by atoms with van der Waals surface area (Å²) in [6.07, 6.45) is 4.05. The van der Waals surface area contributed by atoms with Crippen LogP contribution in [0.1, 0.15) is 49.2 Å². The zero-order valence-electron chi connectivity index (χ0n) is 14.0. The van der Waals surface area contributed by atoms with Gasteiger partial charge in [-0.15, -0.1) is 11.3 Å². The Labute approximate surface area is 142 Å². The number of carbonyl (C=O) groups excluding carboxylic acids is 1. The van der Waals surface area contributed by atoms with Gasteiger partial charge in [-0.05, 0) is 39.5 Å². The number of likely N-dealkylation sites (tertiary alicyclic amines) is 1. The van der Waals surface area contributed by atoms with E-state index in [0.29, 0.717) is 12.5 Å². The van der Waals surface area contributed by atoms with Crippen molar-refractivity contribution >= 4 is 17.2 Å². The number of hydrogen-bond acceptors (Lipinski definition) is 5. The SMILES string of the molecule is Cc1csc([C@@H]2CCCN(C(=O)[C@@H](C)OC[C@@H]3CCCO3)C2)n1. The summed E-state index contributed by atoms with van der Waals surface area (Å²) in [6, 6.07) is 0. The summed E-state index contributed by atoms with van der Waals surface area (Å²) in [7, 11) is 0. The van der Waals surface area contributed by atoms with E-state index in [0.717, 1.165) is 56.1 Å². The largest absolute Gasteiger partial charge is 0.376 e. The van der Waals surface area contributed by atoms with Gasteiger partial charge in [0.25, 0.3) is 5.91 Å². The Morgan fingerprint density at radius 2 is 2.39 bits per heavy atom. The maximum Gasteiger partial charge on any atom is 0.251 e. The molecule has 6 heteroatoms. The molecular formula is C17H26N2O3S. The first kappa shape index (κ1) is 16.9. The molecule has 2 aliphatic heterocycles. The maximum absolute atomic E-state index is 12.6. The van der Waals surface area contributed by atoms with Crippen LogP contribution in [0.4, 0.5) is 0 Å². The maximum atomic E-state index is 12.6. The van der Waals surface area contributed by atoms with Crippen LogP contribution >= 0.6 is 11.3 Å². The van der Waals surface area contributed by atoms with Crippen LogP contribution in [0.3, 0.4) is 0 Å². The Morgan fingerprint density at radius 3 is 3.09 bits per heavy atom. The summed E-state index contributed by atoms with van der Waals surface area (Å²) < 4.78 is 11.3. The van der Waals surface area contributed by atoms with Gasteiger partial charge in [0.1, 0.15) is 6.10 Å². The van der Waals surface area contributed by atoms with E-state index in [1.54, 1.807) is 11.3 Å². The van der Waals surface area contributed by atoms with E-state index in [1.165, 1.54) is 0 Å². The van der Waals surface area contributed by atoms with Crippen LogP contribution in [-0.2, 0) is 14.3 Å². The standard InChI is InChI=1S/C17H26N2O3S/c1-12-11-23-16(18-12)14-5-3-7-19(9-14)17(20)13(2)22-10-15-6-4-8-21-15/h11,13-15H,3-10H2,1-2H3/t13-,14-,15+/m1/s1. The highest BCUT2D eigenvalue weighted by atomic mass is 32.1. The van der Waals surface area contributed by atoms with Gasteiger partial charge in [0.05, 0.1) is 17.7 Å². The lowest BCUT2D eigenvalue weighted by Crippen LogP contribution is -2.44. The molecule has 0 bridgehead atoms. The number of piperidine rings is 1.